The molecule has 0 amide bonds. The molecule has 0 aliphatic carbocycles. The molecule has 1 heterocycles. The number of rotatable bonds is 6. The van der Waals surface area contributed by atoms with E-state index in [2.05, 4.69) is 10.3 Å². The first-order valence-corrected chi connectivity index (χ1v) is 8.14. The van der Waals surface area contributed by atoms with Crippen LogP contribution >= 0.6 is 0 Å². The van der Waals surface area contributed by atoms with Crippen LogP contribution in [0.5, 0.6) is 5.75 Å². The zero-order chi connectivity index (χ0) is 19.2. The predicted molar refractivity (Wildman–Crippen MR) is 95.2 cm³/mol. The summed E-state index contributed by atoms with van der Waals surface area (Å²) in [5, 5.41) is 3.09. The van der Waals surface area contributed by atoms with Gasteiger partial charge in [-0.25, -0.2) is 0 Å². The fourth-order valence-electron chi connectivity index (χ4n) is 2.51. The molecule has 8 heteroatoms. The minimum absolute atomic E-state index is 0.0874. The van der Waals surface area contributed by atoms with E-state index in [1.807, 2.05) is 41.9 Å². The Balaban J connectivity index is 1.86. The van der Waals surface area contributed by atoms with E-state index in [-0.39, 0.29) is 12.4 Å². The van der Waals surface area contributed by atoms with Crippen molar-refractivity contribution < 1.29 is 17.9 Å². The molecule has 0 fully saturated rings. The molecule has 0 spiro atoms. The number of hydrogen-bond donors (Lipinski definition) is 1. The average Bonchev–Trinajstić information content (AvgIpc) is 2.99. The van der Waals surface area contributed by atoms with Crippen molar-refractivity contribution in [3.63, 3.8) is 0 Å². The van der Waals surface area contributed by atoms with Gasteiger partial charge in [0.05, 0.1) is 18.7 Å². The Morgan fingerprint density at radius 3 is 2.58 bits per heavy atom. The quantitative estimate of drug-likeness (QED) is 0.484. The van der Waals surface area contributed by atoms with Gasteiger partial charge in [0.2, 0.25) is 0 Å². The first-order valence-electron chi connectivity index (χ1n) is 8.14. The summed E-state index contributed by atoms with van der Waals surface area (Å²) in [6.45, 7) is 1.07. The summed E-state index contributed by atoms with van der Waals surface area (Å²) in [4.78, 5) is 6.12. The van der Waals surface area contributed by atoms with Crippen LogP contribution in [-0.4, -0.2) is 42.7 Å². The highest BCUT2D eigenvalue weighted by molar-refractivity contribution is 5.79. The van der Waals surface area contributed by atoms with Crippen LogP contribution in [0.4, 0.5) is 13.2 Å². The van der Waals surface area contributed by atoms with Gasteiger partial charge in [-0.05, 0) is 24.3 Å². The van der Waals surface area contributed by atoms with E-state index in [0.717, 1.165) is 11.8 Å². The van der Waals surface area contributed by atoms with Crippen molar-refractivity contribution in [2.75, 3.05) is 27.2 Å². The average molecular weight is 368 g/mol. The third kappa shape index (κ3) is 5.18. The normalized spacial score (nSPS) is 12.2. The summed E-state index contributed by atoms with van der Waals surface area (Å²) in [5.41, 5.74) is 0.344. The van der Waals surface area contributed by atoms with Crippen LogP contribution in [0.3, 0.4) is 0 Å². The Morgan fingerprint density at radius 2 is 1.96 bits per heavy atom. The zero-order valence-corrected chi connectivity index (χ0v) is 15.0. The standard InChI is InChI=1S/C18H23F3N4O/c1-22-17(25(3)13-14-7-6-11-24(14)2)23-10-12-26-16-9-5-4-8-15(16)18(19,20)21/h4-9,11H,10,12-13H2,1-3H3,(H,22,23). The molecule has 142 valence electrons. The molecular formula is C18H23F3N4O. The van der Waals surface area contributed by atoms with E-state index in [9.17, 15) is 13.2 Å². The Kier molecular flexibility index (Phi) is 6.54. The van der Waals surface area contributed by atoms with Gasteiger partial charge in [-0.2, -0.15) is 13.2 Å². The molecule has 0 saturated heterocycles. The molecule has 0 aliphatic rings. The SMILES string of the molecule is CN=C(NCCOc1ccccc1C(F)(F)F)N(C)Cc1cccn1C. The molecule has 5 nitrogen and oxygen atoms in total. The molecule has 0 saturated carbocycles. The van der Waals surface area contributed by atoms with Crippen molar-refractivity contribution in [3.8, 4) is 5.75 Å². The second kappa shape index (κ2) is 8.64. The van der Waals surface area contributed by atoms with Gasteiger partial charge in [-0.15, -0.1) is 0 Å². The van der Waals surface area contributed by atoms with E-state index < -0.39 is 11.7 Å². The van der Waals surface area contributed by atoms with Crippen molar-refractivity contribution >= 4 is 5.96 Å². The maximum absolute atomic E-state index is 12.9. The first-order chi connectivity index (χ1) is 12.3. The van der Waals surface area contributed by atoms with Crippen LogP contribution in [0.25, 0.3) is 0 Å². The van der Waals surface area contributed by atoms with Crippen LogP contribution in [-0.2, 0) is 19.8 Å². The number of benzene rings is 1. The number of ether oxygens (including phenoxy) is 1. The smallest absolute Gasteiger partial charge is 0.419 e. The third-order valence-corrected chi connectivity index (χ3v) is 3.86. The fraction of sp³-hybridized carbons (Fsp3) is 0.389. The van der Waals surface area contributed by atoms with Gasteiger partial charge in [0.15, 0.2) is 5.96 Å². The number of nitrogens with one attached hydrogen (secondary N) is 1. The molecular weight excluding hydrogens is 345 g/mol. The summed E-state index contributed by atoms with van der Waals surface area (Å²) in [7, 11) is 5.51. The lowest BCUT2D eigenvalue weighted by molar-refractivity contribution is -0.138. The van der Waals surface area contributed by atoms with E-state index in [1.54, 1.807) is 7.05 Å². The maximum Gasteiger partial charge on any atom is 0.419 e. The summed E-state index contributed by atoms with van der Waals surface area (Å²) in [6.07, 6.45) is -2.47. The van der Waals surface area contributed by atoms with Crippen LogP contribution in [0, 0.1) is 0 Å². The number of aryl methyl sites for hydroxylation is 1. The first kappa shape index (κ1) is 19.7. The van der Waals surface area contributed by atoms with Gasteiger partial charge in [0.1, 0.15) is 12.4 Å². The predicted octanol–water partition coefficient (Wildman–Crippen LogP) is 3.13. The number of hydrogen-bond acceptors (Lipinski definition) is 2. The number of aliphatic imine (C=N–C) groups is 1. The number of guanidine groups is 1. The van der Waals surface area contributed by atoms with E-state index in [0.29, 0.717) is 19.0 Å². The van der Waals surface area contributed by atoms with Crippen LogP contribution < -0.4 is 10.1 Å². The lowest BCUT2D eigenvalue weighted by Gasteiger charge is -2.22. The lowest BCUT2D eigenvalue weighted by Crippen LogP contribution is -2.40. The molecule has 0 radical (unpaired) electrons. The summed E-state index contributed by atoms with van der Waals surface area (Å²) >= 11 is 0. The van der Waals surface area contributed by atoms with E-state index >= 15 is 0 Å². The number of nitrogens with zero attached hydrogens (tertiary/aromatic N) is 3. The van der Waals surface area contributed by atoms with Gasteiger partial charge in [0, 0.05) is 33.0 Å². The van der Waals surface area contributed by atoms with Crippen molar-refractivity contribution in [2.45, 2.75) is 12.7 Å². The monoisotopic (exact) mass is 368 g/mol. The second-order valence-electron chi connectivity index (χ2n) is 5.78. The van der Waals surface area contributed by atoms with E-state index in [1.165, 1.54) is 18.2 Å². The van der Waals surface area contributed by atoms with Gasteiger partial charge >= 0.3 is 6.18 Å². The Bertz CT molecular complexity index is 740. The summed E-state index contributed by atoms with van der Waals surface area (Å²) < 4.78 is 46.1. The third-order valence-electron chi connectivity index (χ3n) is 3.86. The Morgan fingerprint density at radius 1 is 1.23 bits per heavy atom. The number of alkyl halides is 3. The van der Waals surface area contributed by atoms with Crippen molar-refractivity contribution in [2.24, 2.45) is 12.0 Å². The second-order valence-corrected chi connectivity index (χ2v) is 5.78. The zero-order valence-electron chi connectivity index (χ0n) is 15.0. The molecule has 1 N–H and O–H groups in total. The highest BCUT2D eigenvalue weighted by Gasteiger charge is 2.33. The highest BCUT2D eigenvalue weighted by Crippen LogP contribution is 2.35. The topological polar surface area (TPSA) is 41.8 Å². The van der Waals surface area contributed by atoms with Crippen molar-refractivity contribution in [3.05, 3.63) is 53.9 Å². The molecule has 1 aromatic carbocycles. The molecule has 0 aliphatic heterocycles. The Labute approximate surface area is 151 Å². The minimum atomic E-state index is -4.44. The maximum atomic E-state index is 12.9. The molecule has 26 heavy (non-hydrogen) atoms. The highest BCUT2D eigenvalue weighted by atomic mass is 19.4. The number of halogens is 3. The molecule has 0 atom stereocenters. The van der Waals surface area contributed by atoms with Gasteiger partial charge < -0.3 is 19.5 Å². The van der Waals surface area contributed by atoms with Crippen LogP contribution in [0.1, 0.15) is 11.3 Å². The molecule has 0 bridgehead atoms. The van der Waals surface area contributed by atoms with Crippen LogP contribution in [0.2, 0.25) is 0 Å². The van der Waals surface area contributed by atoms with Crippen molar-refractivity contribution in [1.29, 1.82) is 0 Å². The van der Waals surface area contributed by atoms with E-state index in [4.69, 9.17) is 4.74 Å². The molecule has 1 aromatic heterocycles. The molecule has 2 aromatic rings. The van der Waals surface area contributed by atoms with Crippen LogP contribution in [0.15, 0.2) is 47.6 Å². The lowest BCUT2D eigenvalue weighted by atomic mass is 10.2. The summed E-state index contributed by atoms with van der Waals surface area (Å²) in [5.74, 6) is 0.466. The largest absolute Gasteiger partial charge is 0.491 e. The molecule has 0 unspecified atom stereocenters. The number of para-hydroxylation sites is 1. The van der Waals surface area contributed by atoms with Gasteiger partial charge in [-0.1, -0.05) is 12.1 Å². The Hall–Kier alpha value is -2.64. The minimum Gasteiger partial charge on any atom is -0.491 e. The fourth-order valence-corrected chi connectivity index (χ4v) is 2.51. The van der Waals surface area contributed by atoms with Gasteiger partial charge in [0.25, 0.3) is 0 Å². The van der Waals surface area contributed by atoms with Gasteiger partial charge in [-0.3, -0.25) is 4.99 Å². The van der Waals surface area contributed by atoms with Crippen molar-refractivity contribution in [1.82, 2.24) is 14.8 Å². The molecule has 2 rings (SSSR count). The summed E-state index contributed by atoms with van der Waals surface area (Å²) in [6, 6.07) is 9.17. The number of aromatic nitrogens is 1.